The Morgan fingerprint density at radius 2 is 1.80 bits per heavy atom. The van der Waals surface area contributed by atoms with Crippen molar-refractivity contribution in [2.45, 2.75) is 19.4 Å². The Hall–Kier alpha value is -2.60. The molecule has 2 rings (SSSR count). The molecule has 0 heterocycles. The van der Waals surface area contributed by atoms with Crippen molar-refractivity contribution in [3.05, 3.63) is 71.3 Å². The van der Waals surface area contributed by atoms with Gasteiger partial charge in [0.2, 0.25) is 0 Å². The normalized spacial score (nSPS) is 11.4. The summed E-state index contributed by atoms with van der Waals surface area (Å²) in [5.41, 5.74) is 2.54. The molecule has 1 atom stereocenters. The number of carbonyl (C=O) groups excluding carboxylic acids is 1. The summed E-state index contributed by atoms with van der Waals surface area (Å²) in [6.07, 6.45) is 0.937. The van der Waals surface area contributed by atoms with Gasteiger partial charge in [-0.3, -0.25) is 4.79 Å². The highest BCUT2D eigenvalue weighted by Gasteiger charge is 2.14. The lowest BCUT2D eigenvalue weighted by atomic mass is 10.1. The van der Waals surface area contributed by atoms with Crippen molar-refractivity contribution in [2.24, 2.45) is 0 Å². The average Bonchev–Trinajstić information content (AvgIpc) is 2.53. The molecule has 0 aromatic heterocycles. The minimum atomic E-state index is -0.630. The molecule has 0 saturated heterocycles. The number of hydrogen-bond acceptors (Lipinski definition) is 2. The Balaban J connectivity index is 2.11. The van der Waals surface area contributed by atoms with Crippen molar-refractivity contribution in [3.8, 4) is 6.07 Å². The number of hydrogen-bond donors (Lipinski definition) is 1. The van der Waals surface area contributed by atoms with Crippen LogP contribution >= 0.6 is 0 Å². The smallest absolute Gasteiger partial charge is 0.252 e. The molecule has 100 valence electrons. The minimum absolute atomic E-state index is 0.233. The van der Waals surface area contributed by atoms with Gasteiger partial charge in [-0.05, 0) is 29.7 Å². The molecule has 0 radical (unpaired) electrons. The summed E-state index contributed by atoms with van der Waals surface area (Å²) in [7, 11) is 0. The van der Waals surface area contributed by atoms with Crippen molar-refractivity contribution in [1.82, 2.24) is 5.32 Å². The fraction of sp³-hybridized carbons (Fsp3) is 0.176. The summed E-state index contributed by atoms with van der Waals surface area (Å²) in [6.45, 7) is 2.07. The maximum absolute atomic E-state index is 12.1. The van der Waals surface area contributed by atoms with E-state index in [1.54, 1.807) is 12.1 Å². The molecule has 0 aliphatic rings. The van der Waals surface area contributed by atoms with Crippen LogP contribution in [0.2, 0.25) is 0 Å². The lowest BCUT2D eigenvalue weighted by molar-refractivity contribution is 0.0945. The molecule has 3 nitrogen and oxygen atoms in total. The van der Waals surface area contributed by atoms with Crippen LogP contribution in [0.25, 0.3) is 0 Å². The fourth-order valence-electron chi connectivity index (χ4n) is 1.94. The third kappa shape index (κ3) is 3.24. The highest BCUT2D eigenvalue weighted by molar-refractivity contribution is 5.94. The van der Waals surface area contributed by atoms with E-state index in [9.17, 15) is 10.1 Å². The fourth-order valence-corrected chi connectivity index (χ4v) is 1.94. The second kappa shape index (κ2) is 6.53. The first kappa shape index (κ1) is 13.8. The SMILES string of the molecule is CCc1ccc(C(=O)NC(C#N)c2ccccc2)cc1. The van der Waals surface area contributed by atoms with Gasteiger partial charge < -0.3 is 5.32 Å². The van der Waals surface area contributed by atoms with E-state index >= 15 is 0 Å². The molecule has 0 spiro atoms. The molecule has 0 aliphatic carbocycles. The van der Waals surface area contributed by atoms with Gasteiger partial charge in [-0.25, -0.2) is 0 Å². The molecule has 20 heavy (non-hydrogen) atoms. The minimum Gasteiger partial charge on any atom is -0.333 e. The van der Waals surface area contributed by atoms with Crippen LogP contribution in [0, 0.1) is 11.3 Å². The van der Waals surface area contributed by atoms with Crippen molar-refractivity contribution in [1.29, 1.82) is 5.26 Å². The lowest BCUT2D eigenvalue weighted by Gasteiger charge is -2.12. The maximum atomic E-state index is 12.1. The monoisotopic (exact) mass is 264 g/mol. The van der Waals surface area contributed by atoms with Crippen LogP contribution in [-0.4, -0.2) is 5.91 Å². The van der Waals surface area contributed by atoms with Gasteiger partial charge in [0.15, 0.2) is 0 Å². The zero-order valence-electron chi connectivity index (χ0n) is 11.3. The predicted molar refractivity (Wildman–Crippen MR) is 78.1 cm³/mol. The average molecular weight is 264 g/mol. The highest BCUT2D eigenvalue weighted by Crippen LogP contribution is 2.13. The molecule has 2 aromatic rings. The number of nitriles is 1. The molecule has 3 heteroatoms. The summed E-state index contributed by atoms with van der Waals surface area (Å²) in [5, 5.41) is 11.9. The van der Waals surface area contributed by atoms with Crippen molar-refractivity contribution >= 4 is 5.91 Å². The van der Waals surface area contributed by atoms with E-state index in [4.69, 9.17) is 0 Å². The second-order valence-electron chi connectivity index (χ2n) is 4.50. The molecule has 1 N–H and O–H groups in total. The van der Waals surface area contributed by atoms with E-state index in [2.05, 4.69) is 18.3 Å². The van der Waals surface area contributed by atoms with Gasteiger partial charge in [-0.2, -0.15) is 5.26 Å². The first-order valence-electron chi connectivity index (χ1n) is 6.59. The van der Waals surface area contributed by atoms with Crippen molar-refractivity contribution in [2.75, 3.05) is 0 Å². The van der Waals surface area contributed by atoms with E-state index in [1.807, 2.05) is 42.5 Å². The van der Waals surface area contributed by atoms with Crippen LogP contribution in [-0.2, 0) is 6.42 Å². The molecule has 0 aliphatic heterocycles. The largest absolute Gasteiger partial charge is 0.333 e. The van der Waals surface area contributed by atoms with Gasteiger partial charge >= 0.3 is 0 Å². The Bertz CT molecular complexity index is 612. The van der Waals surface area contributed by atoms with Gasteiger partial charge in [-0.1, -0.05) is 49.4 Å². The van der Waals surface area contributed by atoms with Crippen molar-refractivity contribution in [3.63, 3.8) is 0 Å². The summed E-state index contributed by atoms with van der Waals surface area (Å²) in [5.74, 6) is -0.233. The topological polar surface area (TPSA) is 52.9 Å². The molecular formula is C17H16N2O. The number of amides is 1. The van der Waals surface area contributed by atoms with Gasteiger partial charge in [0, 0.05) is 5.56 Å². The molecule has 0 fully saturated rings. The Labute approximate surface area is 118 Å². The molecular weight excluding hydrogens is 248 g/mol. The number of nitrogens with one attached hydrogen (secondary N) is 1. The van der Waals surface area contributed by atoms with Crippen LogP contribution < -0.4 is 5.32 Å². The number of nitrogens with zero attached hydrogens (tertiary/aromatic N) is 1. The number of aryl methyl sites for hydroxylation is 1. The summed E-state index contributed by atoms with van der Waals surface area (Å²) < 4.78 is 0. The first-order valence-corrected chi connectivity index (χ1v) is 6.59. The number of carbonyl (C=O) groups is 1. The molecule has 2 aromatic carbocycles. The van der Waals surface area contributed by atoms with Crippen LogP contribution in [0.4, 0.5) is 0 Å². The second-order valence-corrected chi connectivity index (χ2v) is 4.50. The lowest BCUT2D eigenvalue weighted by Crippen LogP contribution is -2.27. The van der Waals surface area contributed by atoms with Crippen LogP contribution in [0.1, 0.15) is 34.5 Å². The zero-order valence-corrected chi connectivity index (χ0v) is 11.3. The number of benzene rings is 2. The third-order valence-electron chi connectivity index (χ3n) is 3.16. The highest BCUT2D eigenvalue weighted by atomic mass is 16.1. The summed E-state index contributed by atoms with van der Waals surface area (Å²) in [6, 6.07) is 18.1. The Kier molecular flexibility index (Phi) is 4.52. The van der Waals surface area contributed by atoms with Gasteiger partial charge in [0.1, 0.15) is 6.04 Å². The maximum Gasteiger partial charge on any atom is 0.252 e. The summed E-state index contributed by atoms with van der Waals surface area (Å²) >= 11 is 0. The van der Waals surface area contributed by atoms with Crippen LogP contribution in [0.5, 0.6) is 0 Å². The molecule has 1 unspecified atom stereocenters. The quantitative estimate of drug-likeness (QED) is 0.921. The van der Waals surface area contributed by atoms with Gasteiger partial charge in [0.25, 0.3) is 5.91 Å². The Morgan fingerprint density at radius 1 is 1.15 bits per heavy atom. The number of rotatable bonds is 4. The molecule has 0 saturated carbocycles. The van der Waals surface area contributed by atoms with Crippen LogP contribution in [0.15, 0.2) is 54.6 Å². The van der Waals surface area contributed by atoms with E-state index < -0.39 is 6.04 Å². The van der Waals surface area contributed by atoms with E-state index in [0.717, 1.165) is 12.0 Å². The molecule has 1 amide bonds. The predicted octanol–water partition coefficient (Wildman–Crippen LogP) is 3.24. The zero-order chi connectivity index (χ0) is 14.4. The van der Waals surface area contributed by atoms with Gasteiger partial charge in [0.05, 0.1) is 6.07 Å². The Morgan fingerprint density at radius 3 is 2.35 bits per heavy atom. The molecule has 0 bridgehead atoms. The summed E-state index contributed by atoms with van der Waals surface area (Å²) in [4.78, 5) is 12.1. The third-order valence-corrected chi connectivity index (χ3v) is 3.16. The van der Waals surface area contributed by atoms with E-state index in [0.29, 0.717) is 5.56 Å². The van der Waals surface area contributed by atoms with Crippen molar-refractivity contribution < 1.29 is 4.79 Å². The first-order chi connectivity index (χ1) is 9.74. The van der Waals surface area contributed by atoms with E-state index in [1.165, 1.54) is 5.56 Å². The van der Waals surface area contributed by atoms with E-state index in [-0.39, 0.29) is 5.91 Å². The van der Waals surface area contributed by atoms with Crippen LogP contribution in [0.3, 0.4) is 0 Å². The van der Waals surface area contributed by atoms with Gasteiger partial charge in [-0.15, -0.1) is 0 Å². The standard InChI is InChI=1S/C17H16N2O/c1-2-13-8-10-15(11-9-13)17(20)19-16(12-18)14-6-4-3-5-7-14/h3-11,16H,2H2,1H3,(H,19,20).